The van der Waals surface area contributed by atoms with Gasteiger partial charge in [0.15, 0.2) is 11.2 Å². The number of imidazole rings is 1. The van der Waals surface area contributed by atoms with E-state index in [2.05, 4.69) is 15.6 Å². The fourth-order valence-electron chi connectivity index (χ4n) is 3.90. The summed E-state index contributed by atoms with van der Waals surface area (Å²) in [4.78, 5) is 54.2. The van der Waals surface area contributed by atoms with Gasteiger partial charge in [-0.3, -0.25) is 23.5 Å². The van der Waals surface area contributed by atoms with Crippen LogP contribution in [0.1, 0.15) is 28.8 Å². The molecule has 4 aromatic rings. The molecule has 0 aliphatic heterocycles. The van der Waals surface area contributed by atoms with E-state index in [1.165, 1.54) is 17.9 Å². The summed E-state index contributed by atoms with van der Waals surface area (Å²) in [7, 11) is 2.98. The smallest absolute Gasteiger partial charge is 0.325 e. The van der Waals surface area contributed by atoms with Gasteiger partial charge in [-0.1, -0.05) is 24.3 Å². The lowest BCUT2D eigenvalue weighted by atomic mass is 10.1. The van der Waals surface area contributed by atoms with Crippen LogP contribution in [-0.2, 0) is 25.4 Å². The SMILES string of the molecule is Cc1cccc(NC(=O)c2ccccc2NC(=O)CCCn2cnc3c2c(=O)n(C)c(=O)n3C)c1. The molecule has 0 saturated heterocycles. The van der Waals surface area contributed by atoms with E-state index >= 15 is 0 Å². The molecule has 0 bridgehead atoms. The first-order chi connectivity index (χ1) is 16.8. The fourth-order valence-corrected chi connectivity index (χ4v) is 3.90. The van der Waals surface area contributed by atoms with Crippen molar-refractivity contribution in [1.82, 2.24) is 18.7 Å². The van der Waals surface area contributed by atoms with Crippen LogP contribution in [0, 0.1) is 6.92 Å². The van der Waals surface area contributed by atoms with Crippen molar-refractivity contribution in [3.8, 4) is 0 Å². The summed E-state index contributed by atoms with van der Waals surface area (Å²) < 4.78 is 4.00. The van der Waals surface area contributed by atoms with Gasteiger partial charge in [0, 0.05) is 32.7 Å². The highest BCUT2D eigenvalue weighted by Crippen LogP contribution is 2.19. The molecule has 2 heterocycles. The number of aromatic nitrogens is 4. The van der Waals surface area contributed by atoms with Crippen LogP contribution >= 0.6 is 0 Å². The Labute approximate surface area is 200 Å². The van der Waals surface area contributed by atoms with E-state index in [0.29, 0.717) is 41.1 Å². The maximum absolute atomic E-state index is 12.8. The lowest BCUT2D eigenvalue weighted by molar-refractivity contribution is -0.116. The van der Waals surface area contributed by atoms with Crippen LogP contribution in [0.15, 0.2) is 64.4 Å². The van der Waals surface area contributed by atoms with Crippen molar-refractivity contribution >= 4 is 34.4 Å². The number of aryl methyl sites for hydroxylation is 3. The zero-order valence-corrected chi connectivity index (χ0v) is 19.7. The van der Waals surface area contributed by atoms with Crippen LogP contribution in [0.25, 0.3) is 11.2 Å². The summed E-state index contributed by atoms with van der Waals surface area (Å²) in [5, 5.41) is 5.66. The lowest BCUT2D eigenvalue weighted by Gasteiger charge is -2.12. The zero-order chi connectivity index (χ0) is 25.1. The van der Waals surface area contributed by atoms with Crippen molar-refractivity contribution in [2.45, 2.75) is 26.3 Å². The molecule has 0 radical (unpaired) electrons. The molecule has 10 nitrogen and oxygen atoms in total. The standard InChI is InChI=1S/C25H26N6O4/c1-16-8-6-9-17(14-16)27-23(33)18-10-4-5-11-19(18)28-20(32)12-7-13-31-15-26-22-21(31)24(34)30(3)25(35)29(22)2/h4-6,8-11,14-15H,7,12-13H2,1-3H3,(H,27,33)(H,28,32). The molecule has 35 heavy (non-hydrogen) atoms. The molecular weight excluding hydrogens is 448 g/mol. The number of carbonyl (C=O) groups is 2. The van der Waals surface area contributed by atoms with Crippen molar-refractivity contribution in [3.05, 3.63) is 86.8 Å². The number of anilines is 2. The Balaban J connectivity index is 1.42. The highest BCUT2D eigenvalue weighted by Gasteiger charge is 2.16. The summed E-state index contributed by atoms with van der Waals surface area (Å²) >= 11 is 0. The van der Waals surface area contributed by atoms with Crippen LogP contribution in [0.3, 0.4) is 0 Å². The Kier molecular flexibility index (Phi) is 6.63. The van der Waals surface area contributed by atoms with Gasteiger partial charge in [-0.2, -0.15) is 0 Å². The Morgan fingerprint density at radius 1 is 0.971 bits per heavy atom. The van der Waals surface area contributed by atoms with Gasteiger partial charge < -0.3 is 15.2 Å². The lowest BCUT2D eigenvalue weighted by Crippen LogP contribution is -2.37. The van der Waals surface area contributed by atoms with E-state index in [1.54, 1.807) is 41.9 Å². The molecule has 0 atom stereocenters. The molecule has 0 fully saturated rings. The first-order valence-corrected chi connectivity index (χ1v) is 11.1. The van der Waals surface area contributed by atoms with Gasteiger partial charge in [0.25, 0.3) is 11.5 Å². The normalized spacial score (nSPS) is 10.9. The third-order valence-electron chi connectivity index (χ3n) is 5.74. The first kappa shape index (κ1) is 23.7. The summed E-state index contributed by atoms with van der Waals surface area (Å²) in [6, 6.07) is 14.3. The fraction of sp³-hybridized carbons (Fsp3) is 0.240. The molecule has 2 N–H and O–H groups in total. The number of fused-ring (bicyclic) bond motifs is 1. The average Bonchev–Trinajstić information content (AvgIpc) is 3.26. The Bertz CT molecular complexity index is 1550. The Hall–Kier alpha value is -4.47. The predicted octanol–water partition coefficient (Wildman–Crippen LogP) is 2.41. The van der Waals surface area contributed by atoms with Gasteiger partial charge in [0.1, 0.15) is 0 Å². The zero-order valence-electron chi connectivity index (χ0n) is 19.7. The monoisotopic (exact) mass is 474 g/mol. The van der Waals surface area contributed by atoms with Gasteiger partial charge in [0.05, 0.1) is 17.6 Å². The maximum atomic E-state index is 12.8. The molecule has 2 amide bonds. The molecule has 180 valence electrons. The molecule has 2 aromatic carbocycles. The minimum absolute atomic E-state index is 0.166. The maximum Gasteiger partial charge on any atom is 0.332 e. The van der Waals surface area contributed by atoms with Gasteiger partial charge in [-0.15, -0.1) is 0 Å². The quantitative estimate of drug-likeness (QED) is 0.426. The van der Waals surface area contributed by atoms with E-state index in [-0.39, 0.29) is 18.2 Å². The third-order valence-corrected chi connectivity index (χ3v) is 5.74. The van der Waals surface area contributed by atoms with E-state index in [1.807, 2.05) is 25.1 Å². The number of para-hydroxylation sites is 1. The number of carbonyl (C=O) groups excluding carboxylic acids is 2. The molecule has 0 aliphatic rings. The van der Waals surface area contributed by atoms with Crippen LogP contribution < -0.4 is 21.9 Å². The number of nitrogens with zero attached hydrogens (tertiary/aromatic N) is 4. The van der Waals surface area contributed by atoms with Crippen LogP contribution in [0.5, 0.6) is 0 Å². The third kappa shape index (κ3) is 4.91. The number of hydrogen-bond acceptors (Lipinski definition) is 5. The molecule has 4 rings (SSSR count). The van der Waals surface area contributed by atoms with Crippen LogP contribution in [0.4, 0.5) is 11.4 Å². The average molecular weight is 475 g/mol. The van der Waals surface area contributed by atoms with Crippen molar-refractivity contribution in [3.63, 3.8) is 0 Å². The second-order valence-electron chi connectivity index (χ2n) is 8.34. The van der Waals surface area contributed by atoms with Gasteiger partial charge in [0.2, 0.25) is 5.91 Å². The number of hydrogen-bond donors (Lipinski definition) is 2. The van der Waals surface area contributed by atoms with Crippen LogP contribution in [0.2, 0.25) is 0 Å². The van der Waals surface area contributed by atoms with Gasteiger partial charge >= 0.3 is 5.69 Å². The summed E-state index contributed by atoms with van der Waals surface area (Å²) in [5.41, 5.74) is 2.20. The van der Waals surface area contributed by atoms with Gasteiger partial charge in [-0.05, 0) is 43.2 Å². The molecular formula is C25H26N6O4. The summed E-state index contributed by atoms with van der Waals surface area (Å²) in [6.45, 7) is 2.31. The predicted molar refractivity (Wildman–Crippen MR) is 134 cm³/mol. The number of rotatable bonds is 7. The second-order valence-corrected chi connectivity index (χ2v) is 8.34. The van der Waals surface area contributed by atoms with Crippen molar-refractivity contribution < 1.29 is 9.59 Å². The van der Waals surface area contributed by atoms with E-state index in [9.17, 15) is 19.2 Å². The van der Waals surface area contributed by atoms with E-state index < -0.39 is 11.2 Å². The number of amides is 2. The topological polar surface area (TPSA) is 120 Å². The molecule has 0 unspecified atom stereocenters. The number of benzene rings is 2. The van der Waals surface area contributed by atoms with Crippen LogP contribution in [-0.4, -0.2) is 30.5 Å². The largest absolute Gasteiger partial charge is 0.332 e. The van der Waals surface area contributed by atoms with Crippen molar-refractivity contribution in [2.24, 2.45) is 14.1 Å². The minimum Gasteiger partial charge on any atom is -0.325 e. The van der Waals surface area contributed by atoms with Crippen molar-refractivity contribution in [1.29, 1.82) is 0 Å². The molecule has 0 spiro atoms. The van der Waals surface area contributed by atoms with E-state index in [0.717, 1.165) is 10.1 Å². The number of nitrogens with one attached hydrogen (secondary N) is 2. The van der Waals surface area contributed by atoms with Crippen molar-refractivity contribution in [2.75, 3.05) is 10.6 Å². The highest BCUT2D eigenvalue weighted by molar-refractivity contribution is 6.10. The Morgan fingerprint density at radius 3 is 2.51 bits per heavy atom. The van der Waals surface area contributed by atoms with E-state index in [4.69, 9.17) is 0 Å². The molecule has 10 heteroatoms. The summed E-state index contributed by atoms with van der Waals surface area (Å²) in [6.07, 6.45) is 2.09. The first-order valence-electron chi connectivity index (χ1n) is 11.1. The molecule has 2 aromatic heterocycles. The second kappa shape index (κ2) is 9.80. The molecule has 0 saturated carbocycles. The Morgan fingerprint density at radius 2 is 1.74 bits per heavy atom. The summed E-state index contributed by atoms with van der Waals surface area (Å²) in [5.74, 6) is -0.580. The van der Waals surface area contributed by atoms with Gasteiger partial charge in [-0.25, -0.2) is 9.78 Å². The highest BCUT2D eigenvalue weighted by atomic mass is 16.2. The minimum atomic E-state index is -0.447. The molecule has 0 aliphatic carbocycles.